The molecule has 0 radical (unpaired) electrons. The van der Waals surface area contributed by atoms with E-state index in [4.69, 9.17) is 0 Å². The fraction of sp³-hybridized carbons (Fsp3) is 0.276. The molecule has 0 unspecified atom stereocenters. The van der Waals surface area contributed by atoms with E-state index in [2.05, 4.69) is 478 Å². The van der Waals surface area contributed by atoms with Gasteiger partial charge in [-0.25, -0.2) is 0 Å². The summed E-state index contributed by atoms with van der Waals surface area (Å²) < 4.78 is 0. The highest BCUT2D eigenvalue weighted by molar-refractivity contribution is 6.14. The van der Waals surface area contributed by atoms with Gasteiger partial charge in [0.15, 0.2) is 0 Å². The first-order valence-corrected chi connectivity index (χ1v) is 40.6. The zero-order chi connectivity index (χ0) is 83.2. The number of hydrogen-bond acceptors (Lipinski definition) is 0. The van der Waals surface area contributed by atoms with Gasteiger partial charge in [0.05, 0.1) is 44.6 Å². The molecule has 0 spiro atoms. The van der Waals surface area contributed by atoms with E-state index in [1.807, 2.05) is 0 Å². The minimum absolute atomic E-state index is 0.404. The Bertz CT molecular complexity index is 5560. The van der Waals surface area contributed by atoms with E-state index in [0.29, 0.717) is 0 Å². The number of benzene rings is 12. The van der Waals surface area contributed by atoms with Gasteiger partial charge in [-0.2, -0.15) is 0 Å². The fourth-order valence-electron chi connectivity index (χ4n) is 14.3. The molecule has 568 valence electrons. The molecule has 0 saturated carbocycles. The van der Waals surface area contributed by atoms with E-state index in [9.17, 15) is 0 Å². The third-order valence-electron chi connectivity index (χ3n) is 21.2. The summed E-state index contributed by atoms with van der Waals surface area (Å²) in [6.07, 6.45) is 0. The summed E-state index contributed by atoms with van der Waals surface area (Å²) in [5.41, 5.74) is 26.8. The van der Waals surface area contributed by atoms with Crippen LogP contribution in [0.3, 0.4) is 0 Å². The molecule has 8 bridgehead atoms. The van der Waals surface area contributed by atoms with Crippen LogP contribution in [0.5, 0.6) is 0 Å². The molecule has 0 fully saturated rings. The largest absolute Gasteiger partial charge is 0.0945 e. The maximum atomic E-state index is 3.92. The van der Waals surface area contributed by atoms with Crippen molar-refractivity contribution in [1.29, 1.82) is 0 Å². The molecular formula is C116H104. The standard InChI is InChI=1S/C116H104/c1-109(2,3)77-57-65-101-85-41-25-27-43-87(85)103(88-44-28-26-42-86(88)101)67-59-79(111(7,8)9)74-81(113(13,14)15)61-69-105-93-49-33-35-51-95(93)107(96-52-36-34-50-94(96)105)71-63-83(115(19,20)21)76-84(116(22,23)24)64-72-108-99-55-39-37-53-97(99)106(98-54-38-40-56-100(98)108)70-62-82(114(16,17)18)75-80(112(10,11)12)60-68-104-91-47-31-29-45-89(91)102(90-46-30-32-48-92(90)104)66-58-78(73-77)110(4,5)6/h25-56H,1-24H3. The van der Waals surface area contributed by atoms with E-state index < -0.39 is 43.3 Å². The van der Waals surface area contributed by atoms with Gasteiger partial charge in [-0.3, -0.25) is 0 Å². The number of hydrogen-bond donors (Lipinski definition) is 0. The summed E-state index contributed by atoms with van der Waals surface area (Å²) in [4.78, 5) is 0. The van der Waals surface area contributed by atoms with E-state index in [0.717, 1.165) is 175 Å². The van der Waals surface area contributed by atoms with Gasteiger partial charge in [-0.15, -0.1) is 0 Å². The molecule has 0 heterocycles. The van der Waals surface area contributed by atoms with Crippen molar-refractivity contribution < 1.29 is 0 Å². The second kappa shape index (κ2) is 31.2. The van der Waals surface area contributed by atoms with Gasteiger partial charge in [-0.1, -0.05) is 478 Å². The highest BCUT2D eigenvalue weighted by Crippen LogP contribution is 2.41. The minimum atomic E-state index is -0.404. The van der Waals surface area contributed by atoms with E-state index in [1.165, 1.54) is 0 Å². The molecule has 1 aliphatic rings. The van der Waals surface area contributed by atoms with Crippen molar-refractivity contribution in [2.45, 2.75) is 166 Å². The molecule has 0 saturated heterocycles. The topological polar surface area (TPSA) is 0 Å². The van der Waals surface area contributed by atoms with E-state index in [-0.39, 0.29) is 0 Å². The summed E-state index contributed by atoms with van der Waals surface area (Å²) >= 11 is 0. The van der Waals surface area contributed by atoms with Crippen molar-refractivity contribution in [3.8, 4) is 94.7 Å². The van der Waals surface area contributed by atoms with Gasteiger partial charge in [0.25, 0.3) is 0 Å². The van der Waals surface area contributed by atoms with Crippen LogP contribution in [-0.2, 0) is 0 Å². The predicted octanol–water partition coefficient (Wildman–Crippen LogP) is 29.0. The molecule has 0 N–H and O–H groups in total. The Morgan fingerprint density at radius 1 is 0.121 bits per heavy atom. The highest BCUT2D eigenvalue weighted by atomic mass is 14.3. The first kappa shape index (κ1) is 81.3. The van der Waals surface area contributed by atoms with Crippen LogP contribution in [0, 0.1) is 138 Å². The van der Waals surface area contributed by atoms with Crippen LogP contribution in [0.15, 0.2) is 262 Å². The Hall–Kier alpha value is -12.7. The van der Waals surface area contributed by atoms with Crippen molar-refractivity contribution in [2.24, 2.45) is 43.3 Å². The fourth-order valence-corrected chi connectivity index (χ4v) is 14.3. The third-order valence-corrected chi connectivity index (χ3v) is 21.2. The third kappa shape index (κ3) is 17.2. The minimum Gasteiger partial charge on any atom is -0.0945 e. The number of allylic oxidation sites excluding steroid dienone is 4. The van der Waals surface area contributed by atoms with Gasteiger partial charge in [0, 0.05) is 87.8 Å². The molecule has 0 heteroatoms. The van der Waals surface area contributed by atoms with Gasteiger partial charge < -0.3 is 0 Å². The summed E-state index contributed by atoms with van der Waals surface area (Å²) in [5, 5.41) is 16.4. The molecule has 0 nitrogen and oxygen atoms in total. The van der Waals surface area contributed by atoms with Crippen molar-refractivity contribution in [3.63, 3.8) is 0 Å². The summed E-state index contributed by atoms with van der Waals surface area (Å²) in [6, 6.07) is 68.5. The molecule has 116 heavy (non-hydrogen) atoms. The van der Waals surface area contributed by atoms with Gasteiger partial charge in [-0.05, 0) is 86.2 Å². The van der Waals surface area contributed by atoms with Crippen LogP contribution in [0.1, 0.15) is 211 Å². The number of fused-ring (bicyclic) bond motifs is 12. The first-order chi connectivity index (χ1) is 54.6. The van der Waals surface area contributed by atoms with Crippen molar-refractivity contribution >= 4 is 86.2 Å². The van der Waals surface area contributed by atoms with Gasteiger partial charge in [0.2, 0.25) is 0 Å². The zero-order valence-electron chi connectivity index (χ0n) is 72.5. The maximum Gasteiger partial charge on any atom is 0.0505 e. The van der Waals surface area contributed by atoms with E-state index in [1.54, 1.807) is 0 Å². The van der Waals surface area contributed by atoms with Crippen molar-refractivity contribution in [1.82, 2.24) is 0 Å². The van der Waals surface area contributed by atoms with Crippen molar-refractivity contribution in [3.05, 3.63) is 306 Å². The average molecular weight is 1500 g/mol. The lowest BCUT2D eigenvalue weighted by Gasteiger charge is -2.20. The molecule has 12 aromatic rings. The van der Waals surface area contributed by atoms with Gasteiger partial charge in [0.1, 0.15) is 0 Å². The summed E-state index contributed by atoms with van der Waals surface area (Å²) in [6.45, 7) is 53.1. The molecule has 1 aliphatic carbocycles. The molecule has 0 aliphatic heterocycles. The lowest BCUT2D eigenvalue weighted by molar-refractivity contribution is 0.508. The molecule has 12 aromatic carbocycles. The molecular weight excluding hydrogens is 1390 g/mol. The second-order valence-corrected chi connectivity index (χ2v) is 38.9. The summed E-state index contributed by atoms with van der Waals surface area (Å²) in [5.74, 6) is 60.5. The second-order valence-electron chi connectivity index (χ2n) is 38.9. The van der Waals surface area contributed by atoms with Crippen LogP contribution in [0.4, 0.5) is 0 Å². The molecule has 0 aromatic heterocycles. The van der Waals surface area contributed by atoms with Crippen LogP contribution >= 0.6 is 0 Å². The Morgan fingerprint density at radius 2 is 0.198 bits per heavy atom. The quantitative estimate of drug-likeness (QED) is 0.0806. The lowest BCUT2D eigenvalue weighted by Crippen LogP contribution is -2.11. The van der Waals surface area contributed by atoms with Crippen LogP contribution in [-0.4, -0.2) is 0 Å². The first-order valence-electron chi connectivity index (χ1n) is 40.6. The normalized spacial score (nSPS) is 13.7. The Labute approximate surface area is 691 Å². The Balaban J connectivity index is 1.13. The van der Waals surface area contributed by atoms with Crippen LogP contribution in [0.25, 0.3) is 86.2 Å². The monoisotopic (exact) mass is 1500 g/mol. The summed E-state index contributed by atoms with van der Waals surface area (Å²) in [7, 11) is 0. The molecule has 0 amide bonds. The van der Waals surface area contributed by atoms with Crippen LogP contribution in [0.2, 0.25) is 0 Å². The van der Waals surface area contributed by atoms with Crippen molar-refractivity contribution in [2.75, 3.05) is 0 Å². The highest BCUT2D eigenvalue weighted by Gasteiger charge is 2.27. The smallest absolute Gasteiger partial charge is 0.0505 e. The van der Waals surface area contributed by atoms with E-state index >= 15 is 0 Å². The zero-order valence-corrected chi connectivity index (χ0v) is 72.5. The number of rotatable bonds is 0. The van der Waals surface area contributed by atoms with Gasteiger partial charge >= 0.3 is 0 Å². The van der Waals surface area contributed by atoms with Crippen LogP contribution < -0.4 is 0 Å². The SMILES string of the molecule is CC(C)(C)C1=C=C(C(C)(C)C)C#Cc2c3ccccc3c(c3ccccc23)C#CC(C(C)(C)C)=C=C(C(C)(C)C)C#Cc2c3ccccc3c(c3ccccc23)C#CC(C(C)(C)C)=C=C(C(C)(C)C)C#Cc2c3ccccc3c(c3ccccc23)C#CC(C(C)(C)C)=C=C(C(C)(C)C)C#Cc2c3ccccc3c(c3ccccc23)C#C1. The molecule has 0 atom stereocenters. The Morgan fingerprint density at radius 3 is 0.267 bits per heavy atom. The predicted molar refractivity (Wildman–Crippen MR) is 499 cm³/mol. The Kier molecular flexibility index (Phi) is 21.9. The maximum absolute atomic E-state index is 3.92. The average Bonchev–Trinajstić information content (AvgIpc) is 0.766. The molecule has 13 rings (SSSR count). The lowest BCUT2D eigenvalue weighted by atomic mass is 9.82.